The number of benzene rings is 6. The normalized spacial score (nSPS) is 12.4. The predicted octanol–water partition coefficient (Wildman–Crippen LogP) is 9.92. The van der Waals surface area contributed by atoms with Crippen molar-refractivity contribution >= 4 is 83.1 Å². The fraction of sp³-hybridized carbons (Fsp3) is 0. The van der Waals surface area contributed by atoms with Crippen LogP contribution in [0, 0.1) is 0 Å². The van der Waals surface area contributed by atoms with Gasteiger partial charge in [-0.1, -0.05) is 54.6 Å². The van der Waals surface area contributed by atoms with Gasteiger partial charge in [0, 0.05) is 35.7 Å². The average molecular weight is 694 g/mol. The van der Waals surface area contributed by atoms with Crippen molar-refractivity contribution in [1.82, 2.24) is 41.9 Å². The first-order valence-corrected chi connectivity index (χ1v) is 18.0. The van der Waals surface area contributed by atoms with Gasteiger partial charge >= 0.3 is 0 Å². The minimum Gasteiger partial charge on any atom is -0.316 e. The summed E-state index contributed by atoms with van der Waals surface area (Å²) in [6.45, 7) is 0. The molecule has 9 heteroatoms. The highest BCUT2D eigenvalue weighted by Crippen LogP contribution is 2.33. The fourth-order valence-electron chi connectivity index (χ4n) is 8.57. The lowest BCUT2D eigenvalue weighted by Gasteiger charge is -2.09. The van der Waals surface area contributed by atoms with Crippen molar-refractivity contribution in [1.29, 1.82) is 0 Å². The minimum atomic E-state index is 0.756. The molecule has 0 saturated heterocycles. The first-order chi connectivity index (χ1) is 26.7. The van der Waals surface area contributed by atoms with E-state index >= 15 is 0 Å². The SMILES string of the molecule is c1ccc2c(c1)ccn2-c1ccc2nc3n(c2c1)c1nc2ccc(-n4ccc5ccccc54)cc2n1c1nc2ccc(-n4ccc5ccccc54)cc2n31. The van der Waals surface area contributed by atoms with E-state index in [1.165, 1.54) is 16.2 Å². The van der Waals surface area contributed by atoms with Gasteiger partial charge in [0.15, 0.2) is 0 Å². The number of hydrogen-bond acceptors (Lipinski definition) is 3. The monoisotopic (exact) mass is 693 g/mol. The van der Waals surface area contributed by atoms with Crippen LogP contribution in [0.4, 0.5) is 0 Å². The topological polar surface area (TPSA) is 66.7 Å². The van der Waals surface area contributed by atoms with Crippen LogP contribution in [-0.4, -0.2) is 41.9 Å². The van der Waals surface area contributed by atoms with E-state index < -0.39 is 0 Å². The summed E-state index contributed by atoms with van der Waals surface area (Å²) in [4.78, 5) is 16.0. The maximum absolute atomic E-state index is 5.32. The standard InChI is InChI=1S/C45H27N9/c1-4-10-37-28(7-1)19-22-49(37)31-13-16-34-40(25-31)52-43(46-34)53-42-27-33(51-24-21-30-9-3-6-12-39(30)51)15-18-36(42)48-45(53)54-41-26-32(14-17-35(41)47-44(52)54)50-23-20-29-8-2-5-11-38(29)50/h1-27H. The van der Waals surface area contributed by atoms with Crippen molar-refractivity contribution < 1.29 is 0 Å². The Kier molecular flexibility index (Phi) is 5.20. The molecule has 7 heterocycles. The third-order valence-electron chi connectivity index (χ3n) is 11.1. The number of hydrogen-bond donors (Lipinski definition) is 0. The van der Waals surface area contributed by atoms with E-state index in [1.54, 1.807) is 0 Å². The van der Waals surface area contributed by atoms with Gasteiger partial charge in [-0.25, -0.2) is 28.2 Å². The smallest absolute Gasteiger partial charge is 0.225 e. The van der Waals surface area contributed by atoms with Crippen molar-refractivity contribution in [2.24, 2.45) is 0 Å². The third kappa shape index (κ3) is 3.64. The Bertz CT molecular complexity index is 3280. The van der Waals surface area contributed by atoms with Crippen molar-refractivity contribution in [3.05, 3.63) is 164 Å². The molecule has 0 N–H and O–H groups in total. The van der Waals surface area contributed by atoms with Crippen LogP contribution < -0.4 is 0 Å². The summed E-state index contributed by atoms with van der Waals surface area (Å²) >= 11 is 0. The molecule has 13 rings (SSSR count). The number of aromatic nitrogens is 9. The largest absolute Gasteiger partial charge is 0.316 e. The van der Waals surface area contributed by atoms with Crippen molar-refractivity contribution in [3.63, 3.8) is 0 Å². The number of fused-ring (bicyclic) bond motifs is 15. The Balaban J connectivity index is 1.16. The average Bonchev–Trinajstić information content (AvgIpc) is 4.07. The highest BCUT2D eigenvalue weighted by atomic mass is 15.3. The Morgan fingerprint density at radius 1 is 0.296 bits per heavy atom. The summed E-state index contributed by atoms with van der Waals surface area (Å²) in [6.07, 6.45) is 6.40. The minimum absolute atomic E-state index is 0.756. The molecule has 13 aromatic rings. The van der Waals surface area contributed by atoms with Gasteiger partial charge in [0.05, 0.1) is 49.7 Å². The number of nitrogens with zero attached hydrogens (tertiary/aromatic N) is 9. The molecule has 0 aliphatic rings. The van der Waals surface area contributed by atoms with Crippen LogP contribution in [0.5, 0.6) is 0 Å². The van der Waals surface area contributed by atoms with Gasteiger partial charge in [-0.2, -0.15) is 0 Å². The molecule has 252 valence electrons. The van der Waals surface area contributed by atoms with Crippen LogP contribution in [0.1, 0.15) is 0 Å². The van der Waals surface area contributed by atoms with E-state index in [1.807, 2.05) is 0 Å². The van der Waals surface area contributed by atoms with Gasteiger partial charge in [-0.05, 0) is 107 Å². The summed E-state index contributed by atoms with van der Waals surface area (Å²) < 4.78 is 13.3. The Morgan fingerprint density at radius 3 is 0.944 bits per heavy atom. The maximum atomic E-state index is 5.32. The molecule has 0 unspecified atom stereocenters. The molecule has 0 bridgehead atoms. The number of para-hydroxylation sites is 3. The summed E-state index contributed by atoms with van der Waals surface area (Å²) in [7, 11) is 0. The third-order valence-corrected chi connectivity index (χ3v) is 11.1. The van der Waals surface area contributed by atoms with Gasteiger partial charge in [-0.15, -0.1) is 0 Å². The Labute approximate surface area is 305 Å². The van der Waals surface area contributed by atoms with E-state index in [-0.39, 0.29) is 0 Å². The lowest BCUT2D eigenvalue weighted by molar-refractivity contribution is 1.01. The molecular weight excluding hydrogens is 667 g/mol. The van der Waals surface area contributed by atoms with Gasteiger partial charge in [0.1, 0.15) is 0 Å². The van der Waals surface area contributed by atoms with E-state index in [0.29, 0.717) is 0 Å². The second-order valence-corrected chi connectivity index (χ2v) is 14.0. The summed E-state index contributed by atoms with van der Waals surface area (Å²) in [5.74, 6) is 2.27. The maximum Gasteiger partial charge on any atom is 0.225 e. The molecule has 7 aromatic heterocycles. The molecule has 0 amide bonds. The van der Waals surface area contributed by atoms with Crippen molar-refractivity contribution in [2.45, 2.75) is 0 Å². The molecule has 0 aliphatic heterocycles. The van der Waals surface area contributed by atoms with Crippen LogP contribution in [0.3, 0.4) is 0 Å². The lowest BCUT2D eigenvalue weighted by Crippen LogP contribution is -2.04. The van der Waals surface area contributed by atoms with Gasteiger partial charge < -0.3 is 13.7 Å². The quantitative estimate of drug-likeness (QED) is 0.185. The van der Waals surface area contributed by atoms with Crippen LogP contribution in [0.15, 0.2) is 164 Å². The zero-order valence-electron chi connectivity index (χ0n) is 28.6. The van der Waals surface area contributed by atoms with Crippen molar-refractivity contribution in [2.75, 3.05) is 0 Å². The van der Waals surface area contributed by atoms with E-state index in [4.69, 9.17) is 15.0 Å². The van der Waals surface area contributed by atoms with Crippen molar-refractivity contribution in [3.8, 4) is 17.1 Å². The van der Waals surface area contributed by atoms with Gasteiger partial charge in [-0.3, -0.25) is 0 Å². The second-order valence-electron chi connectivity index (χ2n) is 14.0. The molecule has 0 radical (unpaired) electrons. The number of rotatable bonds is 3. The summed E-state index contributed by atoms with van der Waals surface area (Å²) in [5.41, 5.74) is 12.2. The molecule has 0 fully saturated rings. The fourth-order valence-corrected chi connectivity index (χ4v) is 8.57. The second kappa shape index (κ2) is 10.0. The first kappa shape index (κ1) is 28.0. The molecular formula is C45H27N9. The van der Waals surface area contributed by atoms with Crippen LogP contribution in [0.2, 0.25) is 0 Å². The Morgan fingerprint density at radius 2 is 0.611 bits per heavy atom. The highest BCUT2D eigenvalue weighted by Gasteiger charge is 2.22. The van der Waals surface area contributed by atoms with E-state index in [0.717, 1.165) is 84.0 Å². The molecule has 0 atom stereocenters. The molecule has 6 aromatic carbocycles. The van der Waals surface area contributed by atoms with Gasteiger partial charge in [0.2, 0.25) is 17.3 Å². The lowest BCUT2D eigenvalue weighted by atomic mass is 10.2. The zero-order valence-corrected chi connectivity index (χ0v) is 28.6. The van der Waals surface area contributed by atoms with E-state index in [9.17, 15) is 0 Å². The number of imidazole rings is 3. The molecule has 54 heavy (non-hydrogen) atoms. The molecule has 9 nitrogen and oxygen atoms in total. The zero-order chi connectivity index (χ0) is 35.1. The first-order valence-electron chi connectivity index (χ1n) is 18.0. The van der Waals surface area contributed by atoms with Crippen LogP contribution >= 0.6 is 0 Å². The summed E-state index contributed by atoms with van der Waals surface area (Å²) in [6, 6.07) is 51.3. The predicted molar refractivity (Wildman–Crippen MR) is 216 cm³/mol. The highest BCUT2D eigenvalue weighted by molar-refractivity contribution is 5.94. The molecule has 0 saturated carbocycles. The van der Waals surface area contributed by atoms with E-state index in [2.05, 4.69) is 191 Å². The Hall–Kier alpha value is -7.65. The van der Waals surface area contributed by atoms with Crippen LogP contribution in [0.25, 0.3) is 100 Å². The molecule has 0 spiro atoms. The van der Waals surface area contributed by atoms with Crippen LogP contribution in [-0.2, 0) is 0 Å². The molecule has 0 aliphatic carbocycles. The summed E-state index contributed by atoms with van der Waals surface area (Å²) in [5, 5.41) is 3.59. The van der Waals surface area contributed by atoms with Gasteiger partial charge in [0.25, 0.3) is 0 Å².